The Kier molecular flexibility index (Phi) is 4.74. The zero-order valence-electron chi connectivity index (χ0n) is 9.34. The number of hydrogen-bond acceptors (Lipinski definition) is 2. The van der Waals surface area contributed by atoms with Crippen molar-refractivity contribution in [1.82, 2.24) is 10.2 Å². The number of likely N-dealkylation sites (N-methyl/N-ethyl adjacent to an activating group) is 1. The summed E-state index contributed by atoms with van der Waals surface area (Å²) in [6, 6.07) is 1.49. The van der Waals surface area contributed by atoms with Crippen LogP contribution < -0.4 is 5.32 Å². The minimum atomic E-state index is 0.727. The molecule has 1 saturated heterocycles. The lowest BCUT2D eigenvalue weighted by molar-refractivity contribution is 0.172. The lowest BCUT2D eigenvalue weighted by atomic mass is 10.1. The molecule has 0 amide bonds. The molecular formula is C11H24N2. The molecule has 2 nitrogen and oxygen atoms in total. The molecule has 0 saturated carbocycles. The monoisotopic (exact) mass is 184 g/mol. The van der Waals surface area contributed by atoms with E-state index in [2.05, 4.69) is 31.1 Å². The Morgan fingerprint density at radius 3 is 2.92 bits per heavy atom. The first-order valence-electron chi connectivity index (χ1n) is 5.68. The second-order valence-corrected chi connectivity index (χ2v) is 4.28. The maximum absolute atomic E-state index is 3.52. The molecule has 0 aliphatic carbocycles. The third-order valence-electron chi connectivity index (χ3n) is 3.38. The van der Waals surface area contributed by atoms with Crippen molar-refractivity contribution in [3.8, 4) is 0 Å². The molecule has 0 aromatic carbocycles. The summed E-state index contributed by atoms with van der Waals surface area (Å²) in [7, 11) is 2.27. The molecule has 1 aliphatic heterocycles. The summed E-state index contributed by atoms with van der Waals surface area (Å²) in [5.41, 5.74) is 0. The van der Waals surface area contributed by atoms with Crippen LogP contribution in [0.4, 0.5) is 0 Å². The molecule has 2 atom stereocenters. The highest BCUT2D eigenvalue weighted by atomic mass is 15.2. The van der Waals surface area contributed by atoms with Crippen LogP contribution in [0.2, 0.25) is 0 Å². The fraction of sp³-hybridized carbons (Fsp3) is 1.00. The fourth-order valence-corrected chi connectivity index (χ4v) is 2.00. The predicted molar refractivity (Wildman–Crippen MR) is 58.0 cm³/mol. The minimum Gasteiger partial charge on any atom is -0.315 e. The van der Waals surface area contributed by atoms with Gasteiger partial charge in [-0.15, -0.1) is 0 Å². The van der Waals surface area contributed by atoms with E-state index in [4.69, 9.17) is 0 Å². The van der Waals surface area contributed by atoms with E-state index in [0.29, 0.717) is 0 Å². The van der Waals surface area contributed by atoms with Crippen LogP contribution in [0.15, 0.2) is 0 Å². The SMILES string of the molecule is CCC(C)N(C)C1CCCCNC1. The van der Waals surface area contributed by atoms with Crippen molar-refractivity contribution in [3.05, 3.63) is 0 Å². The molecule has 1 N–H and O–H groups in total. The Bertz CT molecular complexity index is 128. The van der Waals surface area contributed by atoms with E-state index >= 15 is 0 Å². The highest BCUT2D eigenvalue weighted by molar-refractivity contribution is 4.77. The summed E-state index contributed by atoms with van der Waals surface area (Å²) in [5, 5.41) is 3.52. The minimum absolute atomic E-state index is 0.727. The van der Waals surface area contributed by atoms with Gasteiger partial charge in [-0.3, -0.25) is 4.90 Å². The van der Waals surface area contributed by atoms with E-state index in [9.17, 15) is 0 Å². The van der Waals surface area contributed by atoms with Gasteiger partial charge in [-0.2, -0.15) is 0 Å². The number of nitrogens with zero attached hydrogens (tertiary/aromatic N) is 1. The van der Waals surface area contributed by atoms with Gasteiger partial charge in [0.05, 0.1) is 0 Å². The van der Waals surface area contributed by atoms with Gasteiger partial charge in [-0.25, -0.2) is 0 Å². The van der Waals surface area contributed by atoms with Gasteiger partial charge in [0.25, 0.3) is 0 Å². The third kappa shape index (κ3) is 3.28. The standard InChI is InChI=1S/C11H24N2/c1-4-10(2)13(3)11-7-5-6-8-12-9-11/h10-12H,4-9H2,1-3H3. The topological polar surface area (TPSA) is 15.3 Å². The summed E-state index contributed by atoms with van der Waals surface area (Å²) in [6.07, 6.45) is 5.37. The molecule has 2 unspecified atom stereocenters. The van der Waals surface area contributed by atoms with Crippen molar-refractivity contribution in [2.75, 3.05) is 20.1 Å². The molecule has 1 fully saturated rings. The number of rotatable bonds is 3. The zero-order valence-corrected chi connectivity index (χ0v) is 9.34. The van der Waals surface area contributed by atoms with Gasteiger partial charge in [0.1, 0.15) is 0 Å². The highest BCUT2D eigenvalue weighted by Crippen LogP contribution is 2.13. The third-order valence-corrected chi connectivity index (χ3v) is 3.38. The lowest BCUT2D eigenvalue weighted by Gasteiger charge is -2.32. The summed E-state index contributed by atoms with van der Waals surface area (Å²) >= 11 is 0. The van der Waals surface area contributed by atoms with Gasteiger partial charge >= 0.3 is 0 Å². The molecular weight excluding hydrogens is 160 g/mol. The van der Waals surface area contributed by atoms with Crippen molar-refractivity contribution in [2.45, 2.75) is 51.6 Å². The molecule has 1 aliphatic rings. The van der Waals surface area contributed by atoms with Crippen LogP contribution in [0.5, 0.6) is 0 Å². The molecule has 13 heavy (non-hydrogen) atoms. The number of nitrogens with one attached hydrogen (secondary N) is 1. The van der Waals surface area contributed by atoms with Crippen LogP contribution in [0.3, 0.4) is 0 Å². The second-order valence-electron chi connectivity index (χ2n) is 4.28. The zero-order chi connectivity index (χ0) is 9.68. The highest BCUT2D eigenvalue weighted by Gasteiger charge is 2.19. The summed E-state index contributed by atoms with van der Waals surface area (Å²) in [6.45, 7) is 6.99. The quantitative estimate of drug-likeness (QED) is 0.720. The summed E-state index contributed by atoms with van der Waals surface area (Å²) in [5.74, 6) is 0. The molecule has 1 heterocycles. The van der Waals surface area contributed by atoms with Gasteiger partial charge in [0.15, 0.2) is 0 Å². The Morgan fingerprint density at radius 1 is 1.46 bits per heavy atom. The van der Waals surface area contributed by atoms with Crippen LogP contribution in [0.25, 0.3) is 0 Å². The van der Waals surface area contributed by atoms with Crippen LogP contribution in [-0.2, 0) is 0 Å². The molecule has 0 spiro atoms. The van der Waals surface area contributed by atoms with Crippen molar-refractivity contribution in [1.29, 1.82) is 0 Å². The smallest absolute Gasteiger partial charge is 0.0220 e. The van der Waals surface area contributed by atoms with Gasteiger partial charge in [-0.1, -0.05) is 13.3 Å². The van der Waals surface area contributed by atoms with Gasteiger partial charge in [-0.05, 0) is 39.8 Å². The molecule has 0 bridgehead atoms. The van der Waals surface area contributed by atoms with Crippen LogP contribution >= 0.6 is 0 Å². The largest absolute Gasteiger partial charge is 0.315 e. The maximum atomic E-state index is 3.52. The predicted octanol–water partition coefficient (Wildman–Crippen LogP) is 1.86. The first-order valence-corrected chi connectivity index (χ1v) is 5.68. The van der Waals surface area contributed by atoms with Gasteiger partial charge in [0, 0.05) is 18.6 Å². The van der Waals surface area contributed by atoms with Gasteiger partial charge in [0.2, 0.25) is 0 Å². The molecule has 2 heteroatoms. The van der Waals surface area contributed by atoms with E-state index < -0.39 is 0 Å². The maximum Gasteiger partial charge on any atom is 0.0220 e. The van der Waals surface area contributed by atoms with Crippen LogP contribution in [-0.4, -0.2) is 37.1 Å². The first-order chi connectivity index (χ1) is 6.25. The molecule has 0 radical (unpaired) electrons. The van der Waals surface area contributed by atoms with Crippen molar-refractivity contribution in [2.24, 2.45) is 0 Å². The second kappa shape index (κ2) is 5.61. The Balaban J connectivity index is 2.38. The van der Waals surface area contributed by atoms with E-state index in [0.717, 1.165) is 12.1 Å². The van der Waals surface area contributed by atoms with E-state index in [1.54, 1.807) is 0 Å². The molecule has 1 rings (SSSR count). The molecule has 78 valence electrons. The van der Waals surface area contributed by atoms with Crippen molar-refractivity contribution in [3.63, 3.8) is 0 Å². The average Bonchev–Trinajstić information content (AvgIpc) is 2.43. The normalized spacial score (nSPS) is 27.2. The van der Waals surface area contributed by atoms with Crippen molar-refractivity contribution >= 4 is 0 Å². The summed E-state index contributed by atoms with van der Waals surface area (Å²) < 4.78 is 0. The summed E-state index contributed by atoms with van der Waals surface area (Å²) in [4.78, 5) is 2.54. The van der Waals surface area contributed by atoms with E-state index in [1.807, 2.05) is 0 Å². The average molecular weight is 184 g/mol. The fourth-order valence-electron chi connectivity index (χ4n) is 2.00. The number of hydrogen-bond donors (Lipinski definition) is 1. The Morgan fingerprint density at radius 2 is 2.23 bits per heavy atom. The van der Waals surface area contributed by atoms with Crippen molar-refractivity contribution < 1.29 is 0 Å². The van der Waals surface area contributed by atoms with E-state index in [-0.39, 0.29) is 0 Å². The van der Waals surface area contributed by atoms with E-state index in [1.165, 1.54) is 38.8 Å². The van der Waals surface area contributed by atoms with Crippen LogP contribution in [0.1, 0.15) is 39.5 Å². The molecule has 0 aromatic heterocycles. The Labute approximate surface area is 82.7 Å². The van der Waals surface area contributed by atoms with Gasteiger partial charge < -0.3 is 5.32 Å². The lowest BCUT2D eigenvalue weighted by Crippen LogP contribution is -2.43. The Hall–Kier alpha value is -0.0800. The van der Waals surface area contributed by atoms with Crippen LogP contribution in [0, 0.1) is 0 Å². The molecule has 0 aromatic rings. The first kappa shape index (κ1) is 11.0.